The van der Waals surface area contributed by atoms with Gasteiger partial charge in [0.2, 0.25) is 10.0 Å². The number of likely N-dealkylation sites (N-methyl/N-ethyl adjacent to an activating group) is 1. The standard InChI is InChI=1S/C22H29N3O3S/c1-24(16-19-7-5-6-12-23-19)17-20-15-22(18-28-20)10-13-25(14-11-22)29(26,27)21-8-3-2-4-9-21/h2-9,12,20H,10-11,13-18H2,1H3. The van der Waals surface area contributed by atoms with Gasteiger partial charge in [0.1, 0.15) is 0 Å². The lowest BCUT2D eigenvalue weighted by atomic mass is 9.77. The van der Waals surface area contributed by atoms with Crippen LogP contribution in [0.1, 0.15) is 25.0 Å². The Morgan fingerprint density at radius 3 is 2.55 bits per heavy atom. The Hall–Kier alpha value is -1.80. The van der Waals surface area contributed by atoms with Gasteiger partial charge in [0.05, 0.1) is 23.3 Å². The van der Waals surface area contributed by atoms with E-state index < -0.39 is 10.0 Å². The van der Waals surface area contributed by atoms with Crippen molar-refractivity contribution in [2.75, 3.05) is 33.3 Å². The number of rotatable bonds is 6. The van der Waals surface area contributed by atoms with Crippen LogP contribution in [0.5, 0.6) is 0 Å². The predicted molar refractivity (Wildman–Crippen MR) is 112 cm³/mol. The Balaban J connectivity index is 1.30. The zero-order valence-corrected chi connectivity index (χ0v) is 17.7. The van der Waals surface area contributed by atoms with Crippen molar-refractivity contribution in [1.29, 1.82) is 0 Å². The highest BCUT2D eigenvalue weighted by atomic mass is 32.2. The summed E-state index contributed by atoms with van der Waals surface area (Å²) in [5, 5.41) is 0. The Kier molecular flexibility index (Phi) is 6.01. The molecule has 1 atom stereocenters. The van der Waals surface area contributed by atoms with Gasteiger partial charge in [-0.3, -0.25) is 9.88 Å². The first-order valence-electron chi connectivity index (χ1n) is 10.2. The highest BCUT2D eigenvalue weighted by Gasteiger charge is 2.44. The second kappa shape index (κ2) is 8.52. The summed E-state index contributed by atoms with van der Waals surface area (Å²) in [5.74, 6) is 0. The molecule has 0 N–H and O–H groups in total. The van der Waals surface area contributed by atoms with Crippen LogP contribution in [0.3, 0.4) is 0 Å². The van der Waals surface area contributed by atoms with Crippen LogP contribution in [0.4, 0.5) is 0 Å². The Morgan fingerprint density at radius 2 is 1.86 bits per heavy atom. The largest absolute Gasteiger partial charge is 0.376 e. The molecule has 1 spiro atoms. The van der Waals surface area contributed by atoms with Gasteiger partial charge in [-0.2, -0.15) is 4.31 Å². The first kappa shape index (κ1) is 20.5. The van der Waals surface area contributed by atoms with E-state index in [-0.39, 0.29) is 11.5 Å². The van der Waals surface area contributed by atoms with E-state index in [2.05, 4.69) is 16.9 Å². The molecule has 2 fully saturated rings. The number of piperidine rings is 1. The van der Waals surface area contributed by atoms with Gasteiger partial charge in [0, 0.05) is 32.4 Å². The number of benzene rings is 1. The van der Waals surface area contributed by atoms with Crippen molar-refractivity contribution in [3.8, 4) is 0 Å². The van der Waals surface area contributed by atoms with Crippen LogP contribution < -0.4 is 0 Å². The lowest BCUT2D eigenvalue weighted by molar-refractivity contribution is 0.0617. The summed E-state index contributed by atoms with van der Waals surface area (Å²) in [6.45, 7) is 3.53. The summed E-state index contributed by atoms with van der Waals surface area (Å²) in [5.41, 5.74) is 1.17. The molecular formula is C22H29N3O3S. The smallest absolute Gasteiger partial charge is 0.243 e. The molecule has 1 aromatic heterocycles. The van der Waals surface area contributed by atoms with Crippen LogP contribution in [0.15, 0.2) is 59.6 Å². The second-order valence-corrected chi connectivity index (χ2v) is 10.3. The minimum atomic E-state index is -3.40. The van der Waals surface area contributed by atoms with Gasteiger partial charge < -0.3 is 4.74 Å². The highest BCUT2D eigenvalue weighted by Crippen LogP contribution is 2.43. The normalized spacial score (nSPS) is 22.3. The van der Waals surface area contributed by atoms with Crippen LogP contribution in [-0.2, 0) is 21.3 Å². The molecule has 2 aromatic rings. The summed E-state index contributed by atoms with van der Waals surface area (Å²) in [6.07, 6.45) is 4.74. The van der Waals surface area contributed by atoms with Gasteiger partial charge in [-0.1, -0.05) is 24.3 Å². The predicted octanol–water partition coefficient (Wildman–Crippen LogP) is 2.77. The average molecular weight is 416 g/mol. The molecule has 0 aliphatic carbocycles. The molecule has 0 saturated carbocycles. The maximum atomic E-state index is 12.9. The third-order valence-corrected chi connectivity index (χ3v) is 8.04. The van der Waals surface area contributed by atoms with Crippen molar-refractivity contribution in [1.82, 2.24) is 14.2 Å². The molecule has 2 aliphatic rings. The molecule has 4 rings (SSSR count). The van der Waals surface area contributed by atoms with Crippen molar-refractivity contribution >= 4 is 10.0 Å². The molecule has 3 heterocycles. The SMILES string of the molecule is CN(Cc1ccccn1)CC1CC2(CCN(S(=O)(=O)c3ccccc3)CC2)CO1. The minimum absolute atomic E-state index is 0.110. The number of ether oxygens (including phenoxy) is 1. The minimum Gasteiger partial charge on any atom is -0.376 e. The molecule has 0 amide bonds. The highest BCUT2D eigenvalue weighted by molar-refractivity contribution is 7.89. The van der Waals surface area contributed by atoms with E-state index in [4.69, 9.17) is 4.74 Å². The molecule has 6 nitrogen and oxygen atoms in total. The zero-order chi connectivity index (χ0) is 20.3. The average Bonchev–Trinajstić information content (AvgIpc) is 3.11. The van der Waals surface area contributed by atoms with E-state index in [1.165, 1.54) is 0 Å². The van der Waals surface area contributed by atoms with Gasteiger partial charge in [0.25, 0.3) is 0 Å². The van der Waals surface area contributed by atoms with Gasteiger partial charge >= 0.3 is 0 Å². The van der Waals surface area contributed by atoms with Crippen molar-refractivity contribution in [2.45, 2.75) is 36.8 Å². The van der Waals surface area contributed by atoms with Gasteiger partial charge in [-0.05, 0) is 56.0 Å². The molecule has 2 aliphatic heterocycles. The van der Waals surface area contributed by atoms with E-state index in [0.717, 1.165) is 44.7 Å². The van der Waals surface area contributed by atoms with Crippen molar-refractivity contribution in [3.05, 3.63) is 60.4 Å². The van der Waals surface area contributed by atoms with Gasteiger partial charge in [-0.15, -0.1) is 0 Å². The molecule has 1 aromatic carbocycles. The monoisotopic (exact) mass is 415 g/mol. The molecule has 1 unspecified atom stereocenters. The number of pyridine rings is 1. The maximum absolute atomic E-state index is 12.9. The van der Waals surface area contributed by atoms with Gasteiger partial charge in [-0.25, -0.2) is 8.42 Å². The van der Waals surface area contributed by atoms with Crippen molar-refractivity contribution in [3.63, 3.8) is 0 Å². The number of nitrogens with zero attached hydrogens (tertiary/aromatic N) is 3. The molecule has 0 bridgehead atoms. The van der Waals surface area contributed by atoms with Crippen molar-refractivity contribution in [2.24, 2.45) is 5.41 Å². The fraction of sp³-hybridized carbons (Fsp3) is 0.500. The van der Waals surface area contributed by atoms with E-state index in [0.29, 0.717) is 18.0 Å². The fourth-order valence-corrected chi connectivity index (χ4v) is 5.95. The second-order valence-electron chi connectivity index (χ2n) is 8.37. The topological polar surface area (TPSA) is 62.7 Å². The Morgan fingerprint density at radius 1 is 1.14 bits per heavy atom. The summed E-state index contributed by atoms with van der Waals surface area (Å²) in [4.78, 5) is 7.02. The van der Waals surface area contributed by atoms with Crippen LogP contribution >= 0.6 is 0 Å². The Labute approximate surface area is 173 Å². The van der Waals surface area contributed by atoms with E-state index >= 15 is 0 Å². The number of aromatic nitrogens is 1. The summed E-state index contributed by atoms with van der Waals surface area (Å²) >= 11 is 0. The summed E-state index contributed by atoms with van der Waals surface area (Å²) < 4.78 is 33.5. The van der Waals surface area contributed by atoms with E-state index in [1.807, 2.05) is 30.5 Å². The molecular weight excluding hydrogens is 386 g/mol. The maximum Gasteiger partial charge on any atom is 0.243 e. The summed E-state index contributed by atoms with van der Waals surface area (Å²) in [7, 11) is -1.30. The van der Waals surface area contributed by atoms with Crippen LogP contribution in [-0.4, -0.2) is 62.0 Å². The first-order chi connectivity index (χ1) is 14.0. The molecule has 156 valence electrons. The Bertz CT molecular complexity index is 897. The molecule has 2 saturated heterocycles. The van der Waals surface area contributed by atoms with Crippen LogP contribution in [0.2, 0.25) is 0 Å². The molecule has 29 heavy (non-hydrogen) atoms. The quantitative estimate of drug-likeness (QED) is 0.726. The lowest BCUT2D eigenvalue weighted by Gasteiger charge is -2.37. The fourth-order valence-electron chi connectivity index (χ4n) is 4.48. The number of sulfonamides is 1. The van der Waals surface area contributed by atoms with Crippen LogP contribution in [0.25, 0.3) is 0 Å². The van der Waals surface area contributed by atoms with E-state index in [1.54, 1.807) is 28.6 Å². The number of hydrogen-bond acceptors (Lipinski definition) is 5. The summed E-state index contributed by atoms with van der Waals surface area (Å²) in [6, 6.07) is 14.7. The van der Waals surface area contributed by atoms with Crippen molar-refractivity contribution < 1.29 is 13.2 Å². The third kappa shape index (κ3) is 4.69. The zero-order valence-electron chi connectivity index (χ0n) is 16.9. The van der Waals surface area contributed by atoms with Gasteiger partial charge in [0.15, 0.2) is 0 Å². The molecule has 0 radical (unpaired) electrons. The first-order valence-corrected chi connectivity index (χ1v) is 11.7. The van der Waals surface area contributed by atoms with Crippen LogP contribution in [0, 0.1) is 5.41 Å². The van der Waals surface area contributed by atoms with E-state index in [9.17, 15) is 8.42 Å². The molecule has 7 heteroatoms. The number of hydrogen-bond donors (Lipinski definition) is 0. The third-order valence-electron chi connectivity index (χ3n) is 6.12. The lowest BCUT2D eigenvalue weighted by Crippen LogP contribution is -2.43.